The van der Waals surface area contributed by atoms with E-state index in [4.69, 9.17) is 0 Å². The maximum absolute atomic E-state index is 13.7. The minimum absolute atomic E-state index is 0.202. The lowest BCUT2D eigenvalue weighted by Crippen LogP contribution is -2.62. The van der Waals surface area contributed by atoms with Gasteiger partial charge in [0.15, 0.2) is 0 Å². The van der Waals surface area contributed by atoms with Gasteiger partial charge < -0.3 is 9.47 Å². The van der Waals surface area contributed by atoms with Crippen LogP contribution in [0.25, 0.3) is 0 Å². The number of alkyl halides is 3. The second kappa shape index (κ2) is 7.30. The summed E-state index contributed by atoms with van der Waals surface area (Å²) in [5, 5.41) is 1.51. The Morgan fingerprint density at radius 1 is 1.04 bits per heavy atom. The third-order valence-electron chi connectivity index (χ3n) is 2.85. The Morgan fingerprint density at radius 2 is 1.57 bits per heavy atom. The first-order chi connectivity index (χ1) is 10.7. The molecular formula is C14H15F4NO4. The lowest BCUT2D eigenvalue weighted by Gasteiger charge is -2.33. The molecule has 0 aromatic heterocycles. The van der Waals surface area contributed by atoms with Gasteiger partial charge in [0, 0.05) is 0 Å². The predicted octanol–water partition coefficient (Wildman–Crippen LogP) is 2.89. The van der Waals surface area contributed by atoms with E-state index in [0.29, 0.717) is 0 Å². The molecule has 0 aliphatic heterocycles. The maximum atomic E-state index is 13.7. The van der Waals surface area contributed by atoms with Crippen molar-refractivity contribution >= 4 is 12.1 Å². The van der Waals surface area contributed by atoms with Crippen molar-refractivity contribution in [1.82, 2.24) is 5.32 Å². The monoisotopic (exact) mass is 337 g/mol. The van der Waals surface area contributed by atoms with E-state index in [9.17, 15) is 27.2 Å². The predicted molar refractivity (Wildman–Crippen MR) is 70.9 cm³/mol. The third kappa shape index (κ3) is 3.91. The molecule has 0 saturated carbocycles. The molecule has 0 spiro atoms. The van der Waals surface area contributed by atoms with Crippen molar-refractivity contribution in [2.45, 2.75) is 25.6 Å². The van der Waals surface area contributed by atoms with Crippen molar-refractivity contribution in [3.8, 4) is 0 Å². The van der Waals surface area contributed by atoms with Crippen LogP contribution in [-0.4, -0.2) is 31.5 Å². The summed E-state index contributed by atoms with van der Waals surface area (Å²) < 4.78 is 62.9. The summed E-state index contributed by atoms with van der Waals surface area (Å²) in [6, 6.07) is 2.96. The summed E-state index contributed by atoms with van der Waals surface area (Å²) in [5.74, 6) is -2.54. The number of carbonyl (C=O) groups is 2. The van der Waals surface area contributed by atoms with Gasteiger partial charge in [0.25, 0.3) is 5.54 Å². The van der Waals surface area contributed by atoms with Crippen LogP contribution in [0.5, 0.6) is 0 Å². The molecule has 0 aliphatic rings. The summed E-state index contributed by atoms with van der Waals surface area (Å²) in [4.78, 5) is 23.6. The van der Waals surface area contributed by atoms with Gasteiger partial charge in [0.05, 0.1) is 13.2 Å². The summed E-state index contributed by atoms with van der Waals surface area (Å²) in [5.41, 5.74) is -4.19. The quantitative estimate of drug-likeness (QED) is 0.663. The van der Waals surface area contributed by atoms with Crippen LogP contribution < -0.4 is 5.32 Å². The maximum Gasteiger partial charge on any atom is 0.426 e. The average molecular weight is 337 g/mol. The molecule has 0 bridgehead atoms. The summed E-state index contributed by atoms with van der Waals surface area (Å²) in [7, 11) is 0. The normalized spacial score (nSPS) is 13.8. The fraction of sp³-hybridized carbons (Fsp3) is 0.429. The molecule has 1 amide bonds. The first kappa shape index (κ1) is 18.7. The van der Waals surface area contributed by atoms with Gasteiger partial charge in [-0.1, -0.05) is 12.1 Å². The Balaban J connectivity index is 3.49. The highest BCUT2D eigenvalue weighted by molar-refractivity contribution is 5.88. The minimum Gasteiger partial charge on any atom is -0.464 e. The summed E-state index contributed by atoms with van der Waals surface area (Å²) >= 11 is 0. The number of halogens is 4. The molecule has 1 aromatic rings. The molecule has 1 rings (SSSR count). The van der Waals surface area contributed by atoms with Gasteiger partial charge in [-0.15, -0.1) is 0 Å². The SMILES string of the molecule is CCOC(=O)NC(C(=O)OCC)(c1ccc(F)cc1)C(F)(F)F. The van der Waals surface area contributed by atoms with E-state index in [1.807, 2.05) is 0 Å². The van der Waals surface area contributed by atoms with Gasteiger partial charge in [-0.3, -0.25) is 5.32 Å². The Kier molecular flexibility index (Phi) is 5.94. The van der Waals surface area contributed by atoms with Gasteiger partial charge in [-0.2, -0.15) is 13.2 Å². The Labute approximate surface area is 129 Å². The van der Waals surface area contributed by atoms with Crippen molar-refractivity contribution in [2.75, 3.05) is 13.2 Å². The molecular weight excluding hydrogens is 322 g/mol. The molecule has 0 aliphatic carbocycles. The second-order valence-corrected chi connectivity index (χ2v) is 4.32. The van der Waals surface area contributed by atoms with Crippen molar-refractivity contribution in [1.29, 1.82) is 0 Å². The number of nitrogens with one attached hydrogen (secondary N) is 1. The van der Waals surface area contributed by atoms with Crippen molar-refractivity contribution < 1.29 is 36.6 Å². The minimum atomic E-state index is -5.25. The first-order valence-electron chi connectivity index (χ1n) is 6.64. The largest absolute Gasteiger partial charge is 0.464 e. The van der Waals surface area contributed by atoms with E-state index in [1.165, 1.54) is 19.2 Å². The molecule has 5 nitrogen and oxygen atoms in total. The molecule has 0 heterocycles. The highest BCUT2D eigenvalue weighted by atomic mass is 19.4. The Bertz CT molecular complexity index is 559. The zero-order chi connectivity index (χ0) is 17.7. The molecule has 128 valence electrons. The fourth-order valence-electron chi connectivity index (χ4n) is 1.85. The number of esters is 1. The number of hydrogen-bond acceptors (Lipinski definition) is 4. The van der Waals surface area contributed by atoms with Crippen LogP contribution in [0.1, 0.15) is 19.4 Å². The van der Waals surface area contributed by atoms with Crippen LogP contribution in [0, 0.1) is 5.82 Å². The average Bonchev–Trinajstić information content (AvgIpc) is 2.45. The van der Waals surface area contributed by atoms with Crippen LogP contribution in [-0.2, 0) is 19.8 Å². The van der Waals surface area contributed by atoms with Crippen molar-refractivity contribution in [3.05, 3.63) is 35.6 Å². The van der Waals surface area contributed by atoms with Crippen LogP contribution in [0.3, 0.4) is 0 Å². The van der Waals surface area contributed by atoms with E-state index in [-0.39, 0.29) is 13.2 Å². The molecule has 1 atom stereocenters. The Hall–Kier alpha value is -2.32. The molecule has 1 N–H and O–H groups in total. The number of benzene rings is 1. The van der Waals surface area contributed by atoms with Crippen molar-refractivity contribution in [2.24, 2.45) is 0 Å². The molecule has 1 unspecified atom stereocenters. The Morgan fingerprint density at radius 3 is 2.00 bits per heavy atom. The van der Waals surface area contributed by atoms with E-state index in [0.717, 1.165) is 24.3 Å². The lowest BCUT2D eigenvalue weighted by atomic mass is 9.89. The lowest BCUT2D eigenvalue weighted by molar-refractivity contribution is -0.215. The van der Waals surface area contributed by atoms with E-state index >= 15 is 0 Å². The zero-order valence-corrected chi connectivity index (χ0v) is 12.4. The molecule has 9 heteroatoms. The second-order valence-electron chi connectivity index (χ2n) is 4.32. The molecule has 0 saturated heterocycles. The van der Waals surface area contributed by atoms with Gasteiger partial charge in [0.1, 0.15) is 5.82 Å². The number of rotatable bonds is 5. The fourth-order valence-corrected chi connectivity index (χ4v) is 1.85. The van der Waals surface area contributed by atoms with E-state index in [2.05, 4.69) is 9.47 Å². The van der Waals surface area contributed by atoms with E-state index in [1.54, 1.807) is 0 Å². The molecule has 1 aromatic carbocycles. The molecule has 0 fully saturated rings. The number of alkyl carbamates (subject to hydrolysis) is 1. The number of amides is 1. The third-order valence-corrected chi connectivity index (χ3v) is 2.85. The van der Waals surface area contributed by atoms with Gasteiger partial charge in [-0.05, 0) is 31.5 Å². The topological polar surface area (TPSA) is 64.6 Å². The number of ether oxygens (including phenoxy) is 2. The van der Waals surface area contributed by atoms with Gasteiger partial charge in [0.2, 0.25) is 0 Å². The van der Waals surface area contributed by atoms with Crippen LogP contribution in [0.4, 0.5) is 22.4 Å². The summed E-state index contributed by atoms with van der Waals surface area (Å²) in [6.45, 7) is 2.15. The van der Waals surface area contributed by atoms with E-state index < -0.39 is 35.2 Å². The molecule has 0 radical (unpaired) electrons. The van der Waals surface area contributed by atoms with Crippen LogP contribution in [0.2, 0.25) is 0 Å². The van der Waals surface area contributed by atoms with Crippen LogP contribution >= 0.6 is 0 Å². The zero-order valence-electron chi connectivity index (χ0n) is 12.4. The van der Waals surface area contributed by atoms with Crippen molar-refractivity contribution in [3.63, 3.8) is 0 Å². The first-order valence-corrected chi connectivity index (χ1v) is 6.64. The summed E-state index contributed by atoms with van der Waals surface area (Å²) in [6.07, 6.45) is -6.70. The highest BCUT2D eigenvalue weighted by Crippen LogP contribution is 2.40. The van der Waals surface area contributed by atoms with Crippen LogP contribution in [0.15, 0.2) is 24.3 Å². The molecule has 23 heavy (non-hydrogen) atoms. The standard InChI is InChI=1S/C14H15F4NO4/c1-3-22-11(20)13(14(16,17)18,19-12(21)23-4-2)9-5-7-10(15)8-6-9/h5-8H,3-4H2,1-2H3,(H,19,21). The highest BCUT2D eigenvalue weighted by Gasteiger charge is 2.64. The van der Waals surface area contributed by atoms with Gasteiger partial charge in [-0.25, -0.2) is 14.0 Å². The van der Waals surface area contributed by atoms with Gasteiger partial charge >= 0.3 is 18.2 Å². The smallest absolute Gasteiger partial charge is 0.426 e. The number of carbonyl (C=O) groups excluding carboxylic acids is 2. The number of hydrogen-bond donors (Lipinski definition) is 1.